The number of fused-ring (bicyclic) bond motifs is 5. The third-order valence-electron chi connectivity index (χ3n) is 7.02. The van der Waals surface area contributed by atoms with E-state index in [4.69, 9.17) is 4.74 Å². The number of aryl methyl sites for hydroxylation is 1. The Morgan fingerprint density at radius 1 is 1.00 bits per heavy atom. The molecular formula is C25H25NO4. The number of amides is 2. The molecule has 2 aliphatic carbocycles. The van der Waals surface area contributed by atoms with E-state index in [0.29, 0.717) is 28.8 Å². The van der Waals surface area contributed by atoms with Crippen LogP contribution in [-0.2, 0) is 9.59 Å². The van der Waals surface area contributed by atoms with Gasteiger partial charge in [-0.1, -0.05) is 35.9 Å². The van der Waals surface area contributed by atoms with Gasteiger partial charge in [0.1, 0.15) is 5.75 Å². The van der Waals surface area contributed by atoms with E-state index in [1.807, 2.05) is 19.1 Å². The van der Waals surface area contributed by atoms with Gasteiger partial charge in [0.15, 0.2) is 6.10 Å². The van der Waals surface area contributed by atoms with Crippen molar-refractivity contribution < 1.29 is 19.1 Å². The zero-order valence-electron chi connectivity index (χ0n) is 17.2. The first-order valence-corrected chi connectivity index (χ1v) is 10.7. The van der Waals surface area contributed by atoms with Crippen molar-refractivity contribution in [1.29, 1.82) is 0 Å². The maximum absolute atomic E-state index is 13.1. The smallest absolute Gasteiger partial charge is 0.237 e. The SMILES string of the molecule is Cc1ccc(C(=O)[C@@H](C)Oc2cccc(N3C(=O)[C@@H]4[C@@H]5CC[C@@H](C5)[C@@H]4C3=O)c2)cc1. The number of ether oxygens (including phenoxy) is 1. The van der Waals surface area contributed by atoms with Gasteiger partial charge in [-0.05, 0) is 57.1 Å². The Balaban J connectivity index is 1.35. The number of carbonyl (C=O) groups excluding carboxylic acids is 3. The van der Waals surface area contributed by atoms with E-state index in [1.54, 1.807) is 43.3 Å². The molecule has 1 heterocycles. The molecule has 5 atom stereocenters. The second kappa shape index (κ2) is 7.08. The molecule has 0 aromatic heterocycles. The van der Waals surface area contributed by atoms with Gasteiger partial charge in [0.05, 0.1) is 17.5 Å². The summed E-state index contributed by atoms with van der Waals surface area (Å²) in [6.07, 6.45) is 2.45. The molecular weight excluding hydrogens is 378 g/mol. The van der Waals surface area contributed by atoms with Gasteiger partial charge in [0, 0.05) is 11.6 Å². The Morgan fingerprint density at radius 3 is 2.27 bits per heavy atom. The summed E-state index contributed by atoms with van der Waals surface area (Å²) in [7, 11) is 0. The molecule has 0 spiro atoms. The molecule has 0 unspecified atom stereocenters. The number of ketones is 1. The molecule has 1 aliphatic heterocycles. The number of imide groups is 1. The molecule has 2 amide bonds. The van der Waals surface area contributed by atoms with Crippen molar-refractivity contribution in [3.05, 3.63) is 59.7 Å². The van der Waals surface area contributed by atoms with Crippen LogP contribution >= 0.6 is 0 Å². The lowest BCUT2D eigenvalue weighted by molar-refractivity contribution is -0.123. The fourth-order valence-electron chi connectivity index (χ4n) is 5.57. The minimum absolute atomic E-state index is 0.0712. The number of benzene rings is 2. The van der Waals surface area contributed by atoms with Gasteiger partial charge in [-0.25, -0.2) is 4.90 Å². The van der Waals surface area contributed by atoms with E-state index < -0.39 is 6.10 Å². The van der Waals surface area contributed by atoms with Crippen LogP contribution in [-0.4, -0.2) is 23.7 Å². The average Bonchev–Trinajstić information content (AvgIpc) is 3.42. The normalized spacial score (nSPS) is 28.0. The highest BCUT2D eigenvalue weighted by Gasteiger charge is 2.61. The van der Waals surface area contributed by atoms with Crippen molar-refractivity contribution in [2.75, 3.05) is 4.90 Å². The van der Waals surface area contributed by atoms with E-state index in [-0.39, 0.29) is 29.4 Å². The molecule has 5 nitrogen and oxygen atoms in total. The lowest BCUT2D eigenvalue weighted by atomic mass is 9.81. The van der Waals surface area contributed by atoms with Crippen molar-refractivity contribution in [2.45, 2.75) is 39.2 Å². The Bertz CT molecular complexity index is 1000. The maximum Gasteiger partial charge on any atom is 0.237 e. The Hall–Kier alpha value is -2.95. The average molecular weight is 403 g/mol. The molecule has 0 radical (unpaired) electrons. The minimum atomic E-state index is -0.678. The van der Waals surface area contributed by atoms with Gasteiger partial charge < -0.3 is 4.74 Å². The highest BCUT2D eigenvalue weighted by Crippen LogP contribution is 2.56. The monoisotopic (exact) mass is 403 g/mol. The van der Waals surface area contributed by atoms with Gasteiger partial charge in [0.25, 0.3) is 0 Å². The minimum Gasteiger partial charge on any atom is -0.482 e. The van der Waals surface area contributed by atoms with Crippen LogP contribution in [0.25, 0.3) is 0 Å². The number of rotatable bonds is 5. The quantitative estimate of drug-likeness (QED) is 0.555. The van der Waals surface area contributed by atoms with Crippen molar-refractivity contribution in [1.82, 2.24) is 0 Å². The number of nitrogens with zero attached hydrogens (tertiary/aromatic N) is 1. The van der Waals surface area contributed by atoms with Gasteiger partial charge in [0.2, 0.25) is 17.6 Å². The zero-order chi connectivity index (χ0) is 21.0. The van der Waals surface area contributed by atoms with Crippen LogP contribution in [0.1, 0.15) is 42.1 Å². The lowest BCUT2D eigenvalue weighted by Crippen LogP contribution is -2.32. The molecule has 2 bridgehead atoms. The molecule has 2 saturated carbocycles. The standard InChI is InChI=1S/C25H25NO4/c1-14-6-8-16(9-7-14)23(27)15(2)30-20-5-3-4-19(13-20)26-24(28)21-17-10-11-18(12-17)22(21)25(26)29/h3-9,13,15,17-18,21-22H,10-12H2,1-2H3/t15-,17-,18+,21-,22+/m1/s1. The summed E-state index contributed by atoms with van der Waals surface area (Å²) < 4.78 is 5.88. The number of hydrogen-bond acceptors (Lipinski definition) is 4. The van der Waals surface area contributed by atoms with Crippen LogP contribution in [0.15, 0.2) is 48.5 Å². The predicted molar refractivity (Wildman–Crippen MR) is 112 cm³/mol. The van der Waals surface area contributed by atoms with Crippen LogP contribution in [0.4, 0.5) is 5.69 Å². The largest absolute Gasteiger partial charge is 0.482 e. The third-order valence-corrected chi connectivity index (χ3v) is 7.02. The van der Waals surface area contributed by atoms with Gasteiger partial charge in [-0.2, -0.15) is 0 Å². The summed E-state index contributed by atoms with van der Waals surface area (Å²) in [5.74, 6) is 0.629. The summed E-state index contributed by atoms with van der Waals surface area (Å²) in [5, 5.41) is 0. The van der Waals surface area contributed by atoms with Gasteiger partial charge >= 0.3 is 0 Å². The predicted octanol–water partition coefficient (Wildman–Crippen LogP) is 4.18. The van der Waals surface area contributed by atoms with E-state index in [2.05, 4.69) is 0 Å². The topological polar surface area (TPSA) is 63.7 Å². The van der Waals surface area contributed by atoms with E-state index in [0.717, 1.165) is 24.8 Å². The van der Waals surface area contributed by atoms with E-state index in [9.17, 15) is 14.4 Å². The third kappa shape index (κ3) is 2.95. The number of hydrogen-bond donors (Lipinski definition) is 0. The molecule has 154 valence electrons. The van der Waals surface area contributed by atoms with Crippen LogP contribution in [0, 0.1) is 30.6 Å². The molecule has 30 heavy (non-hydrogen) atoms. The van der Waals surface area contributed by atoms with Gasteiger partial charge in [-0.15, -0.1) is 0 Å². The van der Waals surface area contributed by atoms with Crippen molar-refractivity contribution in [3.63, 3.8) is 0 Å². The summed E-state index contributed by atoms with van der Waals surface area (Å²) in [5.41, 5.74) is 2.22. The first kappa shape index (κ1) is 19.0. The Labute approximate surface area is 176 Å². The first-order chi connectivity index (χ1) is 14.4. The summed E-state index contributed by atoms with van der Waals surface area (Å²) >= 11 is 0. The highest BCUT2D eigenvalue weighted by molar-refractivity contribution is 6.22. The molecule has 5 rings (SSSR count). The molecule has 1 saturated heterocycles. The molecule has 5 heteroatoms. The van der Waals surface area contributed by atoms with E-state index in [1.165, 1.54) is 4.90 Å². The lowest BCUT2D eigenvalue weighted by Gasteiger charge is -2.19. The second-order valence-corrected chi connectivity index (χ2v) is 8.88. The fraction of sp³-hybridized carbons (Fsp3) is 0.400. The summed E-state index contributed by atoms with van der Waals surface area (Å²) in [6, 6.07) is 14.3. The molecule has 2 aromatic carbocycles. The van der Waals surface area contributed by atoms with Crippen molar-refractivity contribution in [3.8, 4) is 5.75 Å². The zero-order valence-corrected chi connectivity index (χ0v) is 17.2. The van der Waals surface area contributed by atoms with Crippen LogP contribution < -0.4 is 9.64 Å². The van der Waals surface area contributed by atoms with Gasteiger partial charge in [-0.3, -0.25) is 14.4 Å². The van der Waals surface area contributed by atoms with Crippen LogP contribution in [0.3, 0.4) is 0 Å². The number of carbonyl (C=O) groups is 3. The summed E-state index contributed by atoms with van der Waals surface area (Å²) in [4.78, 5) is 40.1. The van der Waals surface area contributed by atoms with E-state index >= 15 is 0 Å². The van der Waals surface area contributed by atoms with Crippen LogP contribution in [0.2, 0.25) is 0 Å². The Kier molecular flexibility index (Phi) is 4.49. The maximum atomic E-state index is 13.1. The number of anilines is 1. The first-order valence-electron chi connectivity index (χ1n) is 10.7. The fourth-order valence-corrected chi connectivity index (χ4v) is 5.57. The molecule has 3 fully saturated rings. The van der Waals surface area contributed by atoms with Crippen molar-refractivity contribution >= 4 is 23.3 Å². The second-order valence-electron chi connectivity index (χ2n) is 8.88. The van der Waals surface area contributed by atoms with Crippen LogP contribution in [0.5, 0.6) is 5.75 Å². The highest BCUT2D eigenvalue weighted by atomic mass is 16.5. The number of Topliss-reactive ketones (excluding diaryl/α,β-unsaturated/α-hetero) is 1. The molecule has 3 aliphatic rings. The van der Waals surface area contributed by atoms with Crippen molar-refractivity contribution in [2.24, 2.45) is 23.7 Å². The molecule has 2 aromatic rings. The Morgan fingerprint density at radius 2 is 1.63 bits per heavy atom. The summed E-state index contributed by atoms with van der Waals surface area (Å²) in [6.45, 7) is 3.68. The molecule has 0 N–H and O–H groups in total.